The average molecular weight is 976 g/mol. The molecule has 4 N–H and O–H groups in total. The van der Waals surface area contributed by atoms with Gasteiger partial charge in [-0.25, -0.2) is 0 Å². The molecule has 0 unspecified atom stereocenters. The Labute approximate surface area is 208 Å². The highest BCUT2D eigenvalue weighted by Crippen LogP contribution is 2.37. The van der Waals surface area contributed by atoms with E-state index in [-0.39, 0.29) is 23.0 Å². The quantitative estimate of drug-likeness (QED) is 0.251. The first-order valence-corrected chi connectivity index (χ1v) is 11.7. The Bertz CT molecular complexity index is 606. The molecule has 2 aromatic rings. The maximum Gasteiger partial charge on any atom is 0.146 e. The Kier molecular flexibility index (Phi) is 9.67. The average Bonchev–Trinajstić information content (AvgIpc) is 2.47. The first-order valence-electron chi connectivity index (χ1n) is 5.18. The van der Waals surface area contributed by atoms with Crippen LogP contribution in [-0.2, 0) is 0 Å². The number of hydrogen-bond donors (Lipinski definition) is 4. The third-order valence-electron chi connectivity index (χ3n) is 2.24. The van der Waals surface area contributed by atoms with Crippen LogP contribution in [0.2, 0.25) is 0 Å². The molecule has 10 heteroatoms. The van der Waals surface area contributed by atoms with Crippen molar-refractivity contribution in [3.8, 4) is 23.0 Å². The van der Waals surface area contributed by atoms with Crippen LogP contribution in [-0.4, -0.2) is 20.4 Å². The molecule has 0 atom stereocenters. The molecule has 22 heavy (non-hydrogen) atoms. The van der Waals surface area contributed by atoms with Crippen molar-refractivity contribution in [2.75, 3.05) is 0 Å². The Balaban J connectivity index is 0.000000220. The van der Waals surface area contributed by atoms with Gasteiger partial charge in [-0.1, -0.05) is 0 Å². The predicted octanol–water partition coefficient (Wildman–Crippen LogP) is 5.82. The number of rotatable bonds is 0. The molecule has 2 aromatic carbocycles. The summed E-state index contributed by atoms with van der Waals surface area (Å²) in [6, 6.07) is 3.46. The second-order valence-corrected chi connectivity index (χ2v) is 10.5. The van der Waals surface area contributed by atoms with E-state index in [0.717, 1.165) is 14.3 Å². The summed E-state index contributed by atoms with van der Waals surface area (Å²) in [6.45, 7) is 0. The third-order valence-corrected chi connectivity index (χ3v) is 7.58. The van der Waals surface area contributed by atoms with Crippen molar-refractivity contribution in [1.29, 1.82) is 0 Å². The molecule has 0 spiro atoms. The van der Waals surface area contributed by atoms with Crippen molar-refractivity contribution >= 4 is 136 Å². The van der Waals surface area contributed by atoms with Gasteiger partial charge in [0, 0.05) is 0 Å². The van der Waals surface area contributed by atoms with Crippen LogP contribution in [0.25, 0.3) is 0 Å². The van der Waals surface area contributed by atoms with E-state index in [1.807, 2.05) is 136 Å². The summed E-state index contributed by atoms with van der Waals surface area (Å²) >= 11 is 11.9. The number of phenols is 4. The van der Waals surface area contributed by atoms with E-state index in [9.17, 15) is 20.4 Å². The van der Waals surface area contributed by atoms with E-state index < -0.39 is 0 Å². The molecule has 0 saturated heterocycles. The third kappa shape index (κ3) is 5.51. The van der Waals surface area contributed by atoms with Crippen LogP contribution >= 0.6 is 136 Å². The molecule has 4 nitrogen and oxygen atoms in total. The van der Waals surface area contributed by atoms with Crippen LogP contribution in [0.15, 0.2) is 12.1 Å². The standard InChI is InChI=1S/2C6H3I3O2/c2*7-2-1-3(8)6(11)4(9)5(2)10/h2*1,10-11H. The van der Waals surface area contributed by atoms with E-state index in [1.165, 1.54) is 0 Å². The second-order valence-electron chi connectivity index (χ2n) is 3.70. The highest BCUT2D eigenvalue weighted by atomic mass is 127. The molecule has 0 aliphatic heterocycles. The maximum atomic E-state index is 9.33. The summed E-state index contributed by atoms with van der Waals surface area (Å²) in [6.07, 6.45) is 0. The highest BCUT2D eigenvalue weighted by Gasteiger charge is 2.12. The van der Waals surface area contributed by atoms with Gasteiger partial charge >= 0.3 is 0 Å². The fourth-order valence-electron chi connectivity index (χ4n) is 1.14. The maximum absolute atomic E-state index is 9.33. The van der Waals surface area contributed by atoms with Crippen molar-refractivity contribution in [3.63, 3.8) is 0 Å². The van der Waals surface area contributed by atoms with Gasteiger partial charge in [-0.2, -0.15) is 0 Å². The summed E-state index contributed by atoms with van der Waals surface area (Å²) < 4.78 is 4.06. The molecule has 0 bridgehead atoms. The zero-order valence-corrected chi connectivity index (χ0v) is 23.2. The van der Waals surface area contributed by atoms with Gasteiger partial charge in [-0.3, -0.25) is 0 Å². The lowest BCUT2D eigenvalue weighted by atomic mass is 10.3. The molecule has 0 amide bonds. The Morgan fingerprint density at radius 3 is 0.818 bits per heavy atom. The van der Waals surface area contributed by atoms with Gasteiger partial charge in [0.1, 0.15) is 23.0 Å². The Morgan fingerprint density at radius 2 is 0.636 bits per heavy atom. The van der Waals surface area contributed by atoms with Gasteiger partial charge in [0.25, 0.3) is 0 Å². The minimum absolute atomic E-state index is 0.157. The van der Waals surface area contributed by atoms with Gasteiger partial charge in [0.05, 0.1) is 21.4 Å². The van der Waals surface area contributed by atoms with Crippen molar-refractivity contribution in [2.45, 2.75) is 0 Å². The summed E-state index contributed by atoms with van der Waals surface area (Å²) in [7, 11) is 0. The van der Waals surface area contributed by atoms with Crippen LogP contribution in [0.1, 0.15) is 0 Å². The number of aromatic hydroxyl groups is 4. The van der Waals surface area contributed by atoms with Crippen LogP contribution in [0.4, 0.5) is 0 Å². The lowest BCUT2D eigenvalue weighted by Gasteiger charge is -2.04. The number of benzene rings is 2. The van der Waals surface area contributed by atoms with Gasteiger partial charge in [0.15, 0.2) is 0 Å². The topological polar surface area (TPSA) is 80.9 Å². The van der Waals surface area contributed by atoms with Crippen molar-refractivity contribution in [1.82, 2.24) is 0 Å². The molecule has 0 aliphatic carbocycles. The zero-order valence-electron chi connectivity index (χ0n) is 10.2. The normalized spacial score (nSPS) is 10.1. The van der Waals surface area contributed by atoms with Gasteiger partial charge in [0.2, 0.25) is 0 Å². The molecule has 0 heterocycles. The molecule has 2 rings (SSSR count). The largest absolute Gasteiger partial charge is 0.506 e. The minimum atomic E-state index is 0.157. The zero-order chi connectivity index (χ0) is 17.2. The fraction of sp³-hybridized carbons (Fsp3) is 0. The van der Waals surface area contributed by atoms with E-state index in [0.29, 0.717) is 7.14 Å². The number of hydrogen-bond acceptors (Lipinski definition) is 4. The molecule has 0 fully saturated rings. The SMILES string of the molecule is Oc1c(I)cc(I)c(O)c1I.Oc1c(I)cc(I)c(O)c1I. The van der Waals surface area contributed by atoms with Crippen LogP contribution in [0.3, 0.4) is 0 Å². The molecule has 0 aliphatic rings. The van der Waals surface area contributed by atoms with E-state index in [1.54, 1.807) is 12.1 Å². The van der Waals surface area contributed by atoms with Crippen molar-refractivity contribution in [2.24, 2.45) is 0 Å². The van der Waals surface area contributed by atoms with Crippen LogP contribution in [0, 0.1) is 21.4 Å². The Morgan fingerprint density at radius 1 is 0.455 bits per heavy atom. The molecular weight excluding hydrogens is 970 g/mol. The predicted molar refractivity (Wildman–Crippen MR) is 136 cm³/mol. The lowest BCUT2D eigenvalue weighted by Crippen LogP contribution is -1.84. The second kappa shape index (κ2) is 9.64. The molecule has 0 aromatic heterocycles. The van der Waals surface area contributed by atoms with Gasteiger partial charge < -0.3 is 20.4 Å². The van der Waals surface area contributed by atoms with Crippen molar-refractivity contribution < 1.29 is 20.4 Å². The fourth-order valence-corrected chi connectivity index (χ4v) is 7.88. The van der Waals surface area contributed by atoms with Crippen molar-refractivity contribution in [3.05, 3.63) is 33.6 Å². The highest BCUT2D eigenvalue weighted by molar-refractivity contribution is 14.1. The Hall–Kier alpha value is 2.02. The van der Waals surface area contributed by atoms with E-state index in [2.05, 4.69) is 0 Å². The molecule has 0 radical (unpaired) electrons. The molecule has 120 valence electrons. The molecular formula is C12H6I6O4. The first-order chi connectivity index (χ1) is 10.1. The number of halogens is 6. The lowest BCUT2D eigenvalue weighted by molar-refractivity contribution is 0.437. The molecule has 0 saturated carbocycles. The first kappa shape index (κ1) is 22.1. The number of phenolic OH excluding ortho intramolecular Hbond substituents is 4. The smallest absolute Gasteiger partial charge is 0.146 e. The summed E-state index contributed by atoms with van der Waals surface area (Å²) in [5.74, 6) is 0.626. The monoisotopic (exact) mass is 975 g/mol. The minimum Gasteiger partial charge on any atom is -0.506 e. The van der Waals surface area contributed by atoms with Crippen LogP contribution < -0.4 is 0 Å². The summed E-state index contributed by atoms with van der Waals surface area (Å²) in [5, 5.41) is 37.3. The van der Waals surface area contributed by atoms with Crippen LogP contribution in [0.5, 0.6) is 23.0 Å². The van der Waals surface area contributed by atoms with E-state index in [4.69, 9.17) is 0 Å². The van der Waals surface area contributed by atoms with Gasteiger partial charge in [-0.15, -0.1) is 0 Å². The summed E-state index contributed by atoms with van der Waals surface area (Å²) in [4.78, 5) is 0. The summed E-state index contributed by atoms with van der Waals surface area (Å²) in [5.41, 5.74) is 0. The van der Waals surface area contributed by atoms with E-state index >= 15 is 0 Å². The van der Waals surface area contributed by atoms with Gasteiger partial charge in [-0.05, 0) is 148 Å².